The van der Waals surface area contributed by atoms with Gasteiger partial charge < -0.3 is 14.8 Å². The van der Waals surface area contributed by atoms with Gasteiger partial charge in [0.25, 0.3) is 15.9 Å². The highest BCUT2D eigenvalue weighted by molar-refractivity contribution is 7.92. The molecule has 0 aliphatic heterocycles. The number of carbonyl (C=O) groups is 1. The molecule has 4 aromatic rings. The Labute approximate surface area is 224 Å². The van der Waals surface area contributed by atoms with Gasteiger partial charge in [-0.1, -0.05) is 18.2 Å². The minimum atomic E-state index is -4.02. The zero-order chi connectivity index (χ0) is 27.1. The molecule has 0 saturated carbocycles. The molecule has 0 aliphatic rings. The largest absolute Gasteiger partial charge is 0.495 e. The predicted octanol–water partition coefficient (Wildman–Crippen LogP) is 5.55. The molecule has 0 unspecified atom stereocenters. The van der Waals surface area contributed by atoms with Gasteiger partial charge in [0.2, 0.25) is 0 Å². The molecule has 194 valence electrons. The lowest BCUT2D eigenvalue weighted by molar-refractivity contribution is 0.0977. The third-order valence-corrected chi connectivity index (χ3v) is 6.73. The van der Waals surface area contributed by atoms with Crippen LogP contribution in [0, 0.1) is 5.82 Å². The molecule has 4 rings (SSSR count). The first-order valence-corrected chi connectivity index (χ1v) is 13.0. The van der Waals surface area contributed by atoms with Crippen molar-refractivity contribution >= 4 is 44.6 Å². The molecule has 0 bridgehead atoms. The van der Waals surface area contributed by atoms with Crippen molar-refractivity contribution in [1.29, 1.82) is 0 Å². The van der Waals surface area contributed by atoms with E-state index in [-0.39, 0.29) is 21.4 Å². The summed E-state index contributed by atoms with van der Waals surface area (Å²) >= 11 is 5.25. The van der Waals surface area contributed by atoms with E-state index in [0.29, 0.717) is 22.7 Å². The van der Waals surface area contributed by atoms with Crippen LogP contribution in [0.5, 0.6) is 17.2 Å². The smallest absolute Gasteiger partial charge is 0.262 e. The third kappa shape index (κ3) is 6.84. The molecule has 1 amide bonds. The molecule has 0 aromatic heterocycles. The number of nitrogens with one attached hydrogen (secondary N) is 3. The predicted molar refractivity (Wildman–Crippen MR) is 147 cm³/mol. The number of thiocarbonyl (C=S) groups is 1. The number of amides is 1. The van der Waals surface area contributed by atoms with Crippen molar-refractivity contribution in [2.75, 3.05) is 17.1 Å². The molecule has 0 aliphatic carbocycles. The summed E-state index contributed by atoms with van der Waals surface area (Å²) in [4.78, 5) is 12.5. The van der Waals surface area contributed by atoms with Crippen LogP contribution in [0.4, 0.5) is 15.8 Å². The summed E-state index contributed by atoms with van der Waals surface area (Å²) in [6.07, 6.45) is 0. The van der Waals surface area contributed by atoms with E-state index in [1.54, 1.807) is 30.3 Å². The van der Waals surface area contributed by atoms with Crippen LogP contribution in [0.15, 0.2) is 102 Å². The highest BCUT2D eigenvalue weighted by Crippen LogP contribution is 2.30. The van der Waals surface area contributed by atoms with Crippen molar-refractivity contribution in [3.05, 3.63) is 108 Å². The van der Waals surface area contributed by atoms with Crippen LogP contribution in [0.1, 0.15) is 10.4 Å². The Morgan fingerprint density at radius 3 is 2.18 bits per heavy atom. The maximum Gasteiger partial charge on any atom is 0.262 e. The number of para-hydroxylation sites is 1. The fraction of sp³-hybridized carbons (Fsp3) is 0.0370. The van der Waals surface area contributed by atoms with E-state index < -0.39 is 21.7 Å². The molecule has 8 nitrogen and oxygen atoms in total. The van der Waals surface area contributed by atoms with Crippen molar-refractivity contribution in [2.24, 2.45) is 0 Å². The van der Waals surface area contributed by atoms with Crippen molar-refractivity contribution in [1.82, 2.24) is 5.32 Å². The van der Waals surface area contributed by atoms with Gasteiger partial charge in [0, 0.05) is 11.3 Å². The number of hydrogen-bond acceptors (Lipinski definition) is 6. The lowest BCUT2D eigenvalue weighted by atomic mass is 10.2. The first-order valence-electron chi connectivity index (χ1n) is 11.2. The Morgan fingerprint density at radius 1 is 0.868 bits per heavy atom. The quantitative estimate of drug-likeness (QED) is 0.247. The number of rotatable bonds is 8. The molecule has 0 heterocycles. The van der Waals surface area contributed by atoms with Crippen molar-refractivity contribution < 1.29 is 27.1 Å². The highest BCUT2D eigenvalue weighted by Gasteiger charge is 2.18. The van der Waals surface area contributed by atoms with Gasteiger partial charge in [-0.3, -0.25) is 14.8 Å². The van der Waals surface area contributed by atoms with Gasteiger partial charge >= 0.3 is 0 Å². The maximum atomic E-state index is 13.2. The molecule has 0 radical (unpaired) electrons. The molecular weight excluding hydrogens is 529 g/mol. The number of ether oxygens (including phenoxy) is 2. The van der Waals surface area contributed by atoms with Gasteiger partial charge in [-0.2, -0.15) is 0 Å². The first kappa shape index (κ1) is 26.6. The minimum absolute atomic E-state index is 0.00267. The lowest BCUT2D eigenvalue weighted by Crippen LogP contribution is -2.34. The van der Waals surface area contributed by atoms with Gasteiger partial charge in [-0.15, -0.1) is 0 Å². The standard InChI is InChI=1S/C27H22FN3O5S2/c1-35-25-16-11-20(17-24(25)31-38(33,34)23-14-9-19(28)10-15-23)29-27(37)30-26(32)18-7-12-22(13-8-18)36-21-5-3-2-4-6-21/h2-17,31H,1H3,(H2,29,30,32,37). The van der Waals surface area contributed by atoms with E-state index in [1.807, 2.05) is 30.3 Å². The molecule has 4 aromatic carbocycles. The number of benzene rings is 4. The lowest BCUT2D eigenvalue weighted by Gasteiger charge is -2.15. The van der Waals surface area contributed by atoms with Crippen molar-refractivity contribution in [2.45, 2.75) is 4.90 Å². The zero-order valence-electron chi connectivity index (χ0n) is 20.0. The number of hydrogen-bond donors (Lipinski definition) is 3. The number of sulfonamides is 1. The summed E-state index contributed by atoms with van der Waals surface area (Å²) in [6, 6.07) is 24.8. The van der Waals surface area contributed by atoms with Crippen LogP contribution >= 0.6 is 12.2 Å². The van der Waals surface area contributed by atoms with Gasteiger partial charge in [0.1, 0.15) is 23.1 Å². The van der Waals surface area contributed by atoms with E-state index in [1.165, 1.54) is 19.2 Å². The van der Waals surface area contributed by atoms with Crippen LogP contribution in [0.2, 0.25) is 0 Å². The zero-order valence-corrected chi connectivity index (χ0v) is 21.6. The van der Waals surface area contributed by atoms with Crippen LogP contribution in [-0.2, 0) is 10.0 Å². The van der Waals surface area contributed by atoms with E-state index in [9.17, 15) is 17.6 Å². The summed E-state index contributed by atoms with van der Waals surface area (Å²) in [5.41, 5.74) is 0.863. The van der Waals surface area contributed by atoms with E-state index in [4.69, 9.17) is 21.7 Å². The minimum Gasteiger partial charge on any atom is -0.495 e. The Bertz CT molecular complexity index is 1550. The topological polar surface area (TPSA) is 106 Å². The number of carbonyl (C=O) groups excluding carboxylic acids is 1. The normalized spacial score (nSPS) is 10.8. The van der Waals surface area contributed by atoms with Crippen molar-refractivity contribution in [3.8, 4) is 17.2 Å². The molecule has 0 atom stereocenters. The molecule has 3 N–H and O–H groups in total. The second-order valence-electron chi connectivity index (χ2n) is 7.82. The van der Waals surface area contributed by atoms with Crippen molar-refractivity contribution in [3.63, 3.8) is 0 Å². The molecular formula is C27H22FN3O5S2. The van der Waals surface area contributed by atoms with E-state index in [0.717, 1.165) is 24.3 Å². The third-order valence-electron chi connectivity index (χ3n) is 5.15. The van der Waals surface area contributed by atoms with Crippen LogP contribution < -0.4 is 24.8 Å². The Hall–Kier alpha value is -4.48. The number of anilines is 2. The second kappa shape index (κ2) is 11.7. The first-order chi connectivity index (χ1) is 18.2. The summed E-state index contributed by atoms with van der Waals surface area (Å²) in [5, 5.41) is 5.42. The Kier molecular flexibility index (Phi) is 8.19. The second-order valence-corrected chi connectivity index (χ2v) is 9.91. The maximum absolute atomic E-state index is 13.2. The Morgan fingerprint density at radius 2 is 1.53 bits per heavy atom. The average molecular weight is 552 g/mol. The summed E-state index contributed by atoms with van der Waals surface area (Å²) < 4.78 is 52.1. The SMILES string of the molecule is COc1ccc(NC(=S)NC(=O)c2ccc(Oc3ccccc3)cc2)cc1NS(=O)(=O)c1ccc(F)cc1. The van der Waals surface area contributed by atoms with Gasteiger partial charge in [0.15, 0.2) is 5.11 Å². The van der Waals surface area contributed by atoms with Gasteiger partial charge in [-0.05, 0) is 91.1 Å². The molecule has 0 saturated heterocycles. The van der Waals surface area contributed by atoms with E-state index in [2.05, 4.69) is 15.4 Å². The van der Waals surface area contributed by atoms with Gasteiger partial charge in [-0.25, -0.2) is 12.8 Å². The van der Waals surface area contributed by atoms with Crippen LogP contribution in [0.3, 0.4) is 0 Å². The highest BCUT2D eigenvalue weighted by atomic mass is 32.2. The van der Waals surface area contributed by atoms with E-state index >= 15 is 0 Å². The number of halogens is 1. The molecule has 0 spiro atoms. The summed E-state index contributed by atoms with van der Waals surface area (Å²) in [5.74, 6) is 0.490. The monoisotopic (exact) mass is 551 g/mol. The fourth-order valence-electron chi connectivity index (χ4n) is 3.32. The average Bonchev–Trinajstić information content (AvgIpc) is 2.90. The van der Waals surface area contributed by atoms with Gasteiger partial charge in [0.05, 0.1) is 17.7 Å². The molecule has 38 heavy (non-hydrogen) atoms. The molecule has 11 heteroatoms. The van der Waals surface area contributed by atoms with Crippen LogP contribution in [0.25, 0.3) is 0 Å². The Balaban J connectivity index is 1.41. The summed E-state index contributed by atoms with van der Waals surface area (Å²) in [7, 11) is -2.64. The van der Waals surface area contributed by atoms with Crippen LogP contribution in [-0.4, -0.2) is 26.5 Å². The molecule has 0 fully saturated rings. The number of methoxy groups -OCH3 is 1. The fourth-order valence-corrected chi connectivity index (χ4v) is 4.59. The summed E-state index contributed by atoms with van der Waals surface area (Å²) in [6.45, 7) is 0.